The normalized spacial score (nSPS) is 10.6. The molecule has 1 aromatic carbocycles. The van der Waals surface area contributed by atoms with Crippen molar-refractivity contribution in [3.8, 4) is 11.4 Å². The first kappa shape index (κ1) is 15.7. The Morgan fingerprint density at radius 3 is 2.71 bits per heavy atom. The molecule has 0 bridgehead atoms. The van der Waals surface area contributed by atoms with Crippen LogP contribution in [0.1, 0.15) is 11.4 Å². The number of H-pyrrole nitrogens is 1. The van der Waals surface area contributed by atoms with Gasteiger partial charge in [-0.15, -0.1) is 0 Å². The van der Waals surface area contributed by atoms with Gasteiger partial charge in [0.15, 0.2) is 5.82 Å². The van der Waals surface area contributed by atoms with Gasteiger partial charge in [0, 0.05) is 30.6 Å². The Hall–Kier alpha value is -3.16. The molecule has 1 amide bonds. The van der Waals surface area contributed by atoms with Crippen LogP contribution in [-0.2, 0) is 17.8 Å². The number of hydrogen-bond donors (Lipinski definition) is 2. The van der Waals surface area contributed by atoms with Gasteiger partial charge in [0.05, 0.1) is 6.42 Å². The molecule has 8 heteroatoms. The summed E-state index contributed by atoms with van der Waals surface area (Å²) in [5.41, 5.74) is 1.07. The molecule has 0 aliphatic heterocycles. The number of pyridine rings is 1. The van der Waals surface area contributed by atoms with Crippen LogP contribution >= 0.6 is 0 Å². The number of halogens is 2. The topological polar surface area (TPSA) is 83.6 Å². The zero-order chi connectivity index (χ0) is 16.9. The Morgan fingerprint density at radius 2 is 2.00 bits per heavy atom. The highest BCUT2D eigenvalue weighted by atomic mass is 19.1. The second-order valence-electron chi connectivity index (χ2n) is 5.08. The average molecular weight is 329 g/mol. The fraction of sp³-hybridized carbons (Fsp3) is 0.125. The minimum Gasteiger partial charge on any atom is -0.352 e. The maximum Gasteiger partial charge on any atom is 0.227 e. The first-order valence-corrected chi connectivity index (χ1v) is 7.13. The van der Waals surface area contributed by atoms with E-state index in [0.717, 1.165) is 23.8 Å². The molecule has 0 radical (unpaired) electrons. The van der Waals surface area contributed by atoms with Gasteiger partial charge in [-0.05, 0) is 29.8 Å². The van der Waals surface area contributed by atoms with E-state index in [1.807, 2.05) is 0 Å². The number of rotatable bonds is 5. The van der Waals surface area contributed by atoms with Crippen LogP contribution in [0.25, 0.3) is 11.4 Å². The Bertz CT molecular complexity index is 830. The number of nitrogens with one attached hydrogen (secondary N) is 2. The molecular weight excluding hydrogens is 316 g/mol. The summed E-state index contributed by atoms with van der Waals surface area (Å²) < 4.78 is 26.2. The molecule has 6 nitrogen and oxygen atoms in total. The largest absolute Gasteiger partial charge is 0.352 e. The molecule has 0 unspecified atom stereocenters. The van der Waals surface area contributed by atoms with Crippen LogP contribution in [0.4, 0.5) is 8.78 Å². The van der Waals surface area contributed by atoms with E-state index in [1.165, 1.54) is 0 Å². The average Bonchev–Trinajstić information content (AvgIpc) is 3.01. The first-order valence-electron chi connectivity index (χ1n) is 7.13. The third-order valence-corrected chi connectivity index (χ3v) is 3.19. The van der Waals surface area contributed by atoms with Crippen molar-refractivity contribution in [2.24, 2.45) is 0 Å². The molecule has 2 aromatic heterocycles. The molecule has 0 atom stereocenters. The van der Waals surface area contributed by atoms with E-state index in [9.17, 15) is 13.6 Å². The van der Waals surface area contributed by atoms with E-state index in [4.69, 9.17) is 0 Å². The molecule has 0 saturated heterocycles. The Balaban J connectivity index is 1.58. The van der Waals surface area contributed by atoms with E-state index >= 15 is 0 Å². The molecule has 2 heterocycles. The van der Waals surface area contributed by atoms with E-state index in [2.05, 4.69) is 25.5 Å². The highest BCUT2D eigenvalue weighted by Gasteiger charge is 2.10. The van der Waals surface area contributed by atoms with Gasteiger partial charge in [0.2, 0.25) is 5.91 Å². The maximum absolute atomic E-state index is 13.1. The summed E-state index contributed by atoms with van der Waals surface area (Å²) in [6, 6.07) is 6.67. The third-order valence-electron chi connectivity index (χ3n) is 3.19. The minimum atomic E-state index is -0.685. The lowest BCUT2D eigenvalue weighted by Gasteiger charge is -2.04. The number of benzene rings is 1. The molecule has 0 aliphatic rings. The molecule has 3 rings (SSSR count). The van der Waals surface area contributed by atoms with Crippen molar-refractivity contribution in [2.75, 3.05) is 0 Å². The molecule has 0 saturated carbocycles. The van der Waals surface area contributed by atoms with Gasteiger partial charge in [-0.3, -0.25) is 14.9 Å². The Kier molecular flexibility index (Phi) is 4.55. The number of carbonyl (C=O) groups is 1. The summed E-state index contributed by atoms with van der Waals surface area (Å²) in [6.07, 6.45) is 3.23. The summed E-state index contributed by atoms with van der Waals surface area (Å²) in [6.45, 7) is 0.0249. The summed E-state index contributed by atoms with van der Waals surface area (Å²) in [4.78, 5) is 20.1. The summed E-state index contributed by atoms with van der Waals surface area (Å²) in [5.74, 6) is -0.880. The van der Waals surface area contributed by atoms with Crippen LogP contribution in [-0.4, -0.2) is 26.1 Å². The van der Waals surface area contributed by atoms with Crippen LogP contribution in [0.2, 0.25) is 0 Å². The van der Waals surface area contributed by atoms with Crippen LogP contribution in [0, 0.1) is 11.6 Å². The number of carbonyl (C=O) groups excluding carboxylic acids is 1. The van der Waals surface area contributed by atoms with Crippen molar-refractivity contribution >= 4 is 5.91 Å². The number of aromatic nitrogens is 4. The lowest BCUT2D eigenvalue weighted by Crippen LogP contribution is -2.25. The van der Waals surface area contributed by atoms with Crippen molar-refractivity contribution in [1.29, 1.82) is 0 Å². The van der Waals surface area contributed by atoms with Gasteiger partial charge >= 0.3 is 0 Å². The van der Waals surface area contributed by atoms with Crippen LogP contribution in [0.3, 0.4) is 0 Å². The summed E-state index contributed by atoms with van der Waals surface area (Å²) in [5, 5.41) is 9.29. The summed E-state index contributed by atoms with van der Waals surface area (Å²) in [7, 11) is 0. The first-order chi connectivity index (χ1) is 11.6. The van der Waals surface area contributed by atoms with Gasteiger partial charge in [-0.2, -0.15) is 5.10 Å². The molecule has 122 valence electrons. The molecule has 0 aliphatic carbocycles. The van der Waals surface area contributed by atoms with Gasteiger partial charge in [0.1, 0.15) is 17.5 Å². The minimum absolute atomic E-state index is 0.0228. The van der Waals surface area contributed by atoms with Gasteiger partial charge < -0.3 is 5.32 Å². The lowest BCUT2D eigenvalue weighted by molar-refractivity contribution is -0.120. The Morgan fingerprint density at radius 1 is 1.21 bits per heavy atom. The SMILES string of the molecule is O=C(Cc1nc(-c2cccnc2)n[nH]1)NCc1cc(F)cc(F)c1. The van der Waals surface area contributed by atoms with Crippen molar-refractivity contribution in [3.63, 3.8) is 0 Å². The highest BCUT2D eigenvalue weighted by molar-refractivity contribution is 5.77. The van der Waals surface area contributed by atoms with E-state index in [0.29, 0.717) is 17.2 Å². The van der Waals surface area contributed by atoms with E-state index < -0.39 is 11.6 Å². The van der Waals surface area contributed by atoms with Gasteiger partial charge in [-0.1, -0.05) is 0 Å². The molecular formula is C16H13F2N5O. The molecule has 2 N–H and O–H groups in total. The fourth-order valence-corrected chi connectivity index (χ4v) is 2.13. The molecule has 24 heavy (non-hydrogen) atoms. The number of amides is 1. The van der Waals surface area contributed by atoms with Crippen LogP contribution in [0.5, 0.6) is 0 Å². The smallest absolute Gasteiger partial charge is 0.227 e. The van der Waals surface area contributed by atoms with Crippen LogP contribution in [0.15, 0.2) is 42.7 Å². The number of aromatic amines is 1. The van der Waals surface area contributed by atoms with Crippen molar-refractivity contribution in [3.05, 3.63) is 65.7 Å². The van der Waals surface area contributed by atoms with Gasteiger partial charge in [0.25, 0.3) is 0 Å². The second kappa shape index (κ2) is 6.95. The Labute approximate surface area is 136 Å². The van der Waals surface area contributed by atoms with Crippen molar-refractivity contribution < 1.29 is 13.6 Å². The van der Waals surface area contributed by atoms with E-state index in [1.54, 1.807) is 24.5 Å². The molecule has 3 aromatic rings. The van der Waals surface area contributed by atoms with Crippen LogP contribution < -0.4 is 5.32 Å². The molecule has 0 spiro atoms. The zero-order valence-corrected chi connectivity index (χ0v) is 12.5. The third kappa shape index (κ3) is 3.97. The summed E-state index contributed by atoms with van der Waals surface area (Å²) >= 11 is 0. The molecule has 0 fully saturated rings. The number of hydrogen-bond acceptors (Lipinski definition) is 4. The van der Waals surface area contributed by atoms with Gasteiger partial charge in [-0.25, -0.2) is 13.8 Å². The maximum atomic E-state index is 13.1. The quantitative estimate of drug-likeness (QED) is 0.750. The van der Waals surface area contributed by atoms with Crippen molar-refractivity contribution in [1.82, 2.24) is 25.5 Å². The highest BCUT2D eigenvalue weighted by Crippen LogP contribution is 2.12. The van der Waals surface area contributed by atoms with Crippen molar-refractivity contribution in [2.45, 2.75) is 13.0 Å². The lowest BCUT2D eigenvalue weighted by atomic mass is 10.2. The predicted molar refractivity (Wildman–Crippen MR) is 81.5 cm³/mol. The predicted octanol–water partition coefficient (Wildman–Crippen LogP) is 2.00. The fourth-order valence-electron chi connectivity index (χ4n) is 2.13. The second-order valence-corrected chi connectivity index (χ2v) is 5.08. The zero-order valence-electron chi connectivity index (χ0n) is 12.5. The standard InChI is InChI=1S/C16H13F2N5O/c17-12-4-10(5-13(18)6-12)8-20-15(24)7-14-21-16(23-22-14)11-2-1-3-19-9-11/h1-6,9H,7-8H2,(H,20,24)(H,21,22,23). The van der Waals surface area contributed by atoms with E-state index in [-0.39, 0.29) is 18.9 Å². The monoisotopic (exact) mass is 329 g/mol. The number of nitrogens with zero attached hydrogens (tertiary/aromatic N) is 3.